The van der Waals surface area contributed by atoms with E-state index < -0.39 is 0 Å². The minimum Gasteiger partial charge on any atom is -0.487 e. The number of anilines is 2. The normalized spacial score (nSPS) is 17.3. The molecule has 0 saturated carbocycles. The van der Waals surface area contributed by atoms with Crippen molar-refractivity contribution in [3.05, 3.63) is 54.1 Å². The van der Waals surface area contributed by atoms with E-state index in [0.717, 1.165) is 23.7 Å². The van der Waals surface area contributed by atoms with Gasteiger partial charge in [0.1, 0.15) is 11.9 Å². The summed E-state index contributed by atoms with van der Waals surface area (Å²) < 4.78 is 5.83. The standard InChI is InChI=1S/C16H14N2O/c1-12-11-18(14-6-4-5-13(9-14)10-17)15-7-2-3-8-16(15)19-12/h2-9,12H,11H2,1H3. The lowest BCUT2D eigenvalue weighted by molar-refractivity contribution is 0.218. The molecule has 3 nitrogen and oxygen atoms in total. The van der Waals surface area contributed by atoms with Gasteiger partial charge < -0.3 is 9.64 Å². The third kappa shape index (κ3) is 2.13. The fourth-order valence-electron chi connectivity index (χ4n) is 2.38. The maximum absolute atomic E-state index is 9.01. The highest BCUT2D eigenvalue weighted by atomic mass is 16.5. The molecule has 94 valence electrons. The predicted octanol–water partition coefficient (Wildman–Crippen LogP) is 3.48. The van der Waals surface area contributed by atoms with Crippen LogP contribution >= 0.6 is 0 Å². The Morgan fingerprint density at radius 1 is 1.21 bits per heavy atom. The molecule has 0 fully saturated rings. The van der Waals surface area contributed by atoms with Crippen LogP contribution in [-0.4, -0.2) is 12.6 Å². The number of fused-ring (bicyclic) bond motifs is 1. The largest absolute Gasteiger partial charge is 0.487 e. The molecular formula is C16H14N2O. The van der Waals surface area contributed by atoms with Crippen molar-refractivity contribution in [3.8, 4) is 11.8 Å². The van der Waals surface area contributed by atoms with Crippen LogP contribution in [0, 0.1) is 11.3 Å². The Balaban J connectivity index is 2.07. The Morgan fingerprint density at radius 2 is 2.05 bits per heavy atom. The lowest BCUT2D eigenvalue weighted by atomic mass is 10.1. The molecule has 0 spiro atoms. The van der Waals surface area contributed by atoms with Crippen molar-refractivity contribution in [2.75, 3.05) is 11.4 Å². The van der Waals surface area contributed by atoms with Crippen LogP contribution in [0.3, 0.4) is 0 Å². The summed E-state index contributed by atoms with van der Waals surface area (Å²) in [5.74, 6) is 0.892. The maximum Gasteiger partial charge on any atom is 0.143 e. The Labute approximate surface area is 112 Å². The molecule has 0 aromatic heterocycles. The van der Waals surface area contributed by atoms with Crippen LogP contribution in [0.25, 0.3) is 0 Å². The van der Waals surface area contributed by atoms with E-state index in [-0.39, 0.29) is 6.10 Å². The van der Waals surface area contributed by atoms with Gasteiger partial charge in [0.15, 0.2) is 0 Å². The SMILES string of the molecule is CC1CN(c2cccc(C#N)c2)c2ccccc2O1. The molecule has 3 rings (SSSR count). The summed E-state index contributed by atoms with van der Waals surface area (Å²) in [6, 6.07) is 17.8. The van der Waals surface area contributed by atoms with Gasteiger partial charge in [-0.05, 0) is 37.3 Å². The third-order valence-corrected chi connectivity index (χ3v) is 3.21. The van der Waals surface area contributed by atoms with Crippen molar-refractivity contribution < 1.29 is 4.74 Å². The van der Waals surface area contributed by atoms with Crippen LogP contribution < -0.4 is 9.64 Å². The quantitative estimate of drug-likeness (QED) is 0.777. The van der Waals surface area contributed by atoms with Gasteiger partial charge in [-0.25, -0.2) is 0 Å². The second-order valence-electron chi connectivity index (χ2n) is 4.67. The van der Waals surface area contributed by atoms with Gasteiger partial charge in [0.25, 0.3) is 0 Å². The second kappa shape index (κ2) is 4.66. The number of hydrogen-bond donors (Lipinski definition) is 0. The summed E-state index contributed by atoms with van der Waals surface area (Å²) >= 11 is 0. The van der Waals surface area contributed by atoms with Crippen molar-refractivity contribution in [1.29, 1.82) is 5.26 Å². The van der Waals surface area contributed by atoms with Crippen LogP contribution in [0.5, 0.6) is 5.75 Å². The molecule has 1 heterocycles. The highest BCUT2D eigenvalue weighted by molar-refractivity contribution is 5.71. The van der Waals surface area contributed by atoms with Crippen LogP contribution in [0.1, 0.15) is 12.5 Å². The van der Waals surface area contributed by atoms with Gasteiger partial charge in [0.05, 0.1) is 23.9 Å². The minimum atomic E-state index is 0.126. The maximum atomic E-state index is 9.01. The molecule has 1 unspecified atom stereocenters. The Hall–Kier alpha value is -2.47. The van der Waals surface area contributed by atoms with E-state index in [1.165, 1.54) is 0 Å². The number of nitriles is 1. The van der Waals surface area contributed by atoms with E-state index >= 15 is 0 Å². The molecule has 1 aliphatic rings. The number of para-hydroxylation sites is 2. The highest BCUT2D eigenvalue weighted by Gasteiger charge is 2.23. The summed E-state index contributed by atoms with van der Waals surface area (Å²) in [4.78, 5) is 2.20. The van der Waals surface area contributed by atoms with Gasteiger partial charge in [-0.15, -0.1) is 0 Å². The van der Waals surface area contributed by atoms with E-state index in [4.69, 9.17) is 10.00 Å². The highest BCUT2D eigenvalue weighted by Crippen LogP contribution is 2.37. The fraction of sp³-hybridized carbons (Fsp3) is 0.188. The molecular weight excluding hydrogens is 236 g/mol. The van der Waals surface area contributed by atoms with Crippen molar-refractivity contribution in [2.24, 2.45) is 0 Å². The number of nitrogens with zero attached hydrogens (tertiary/aromatic N) is 2. The zero-order valence-electron chi connectivity index (χ0n) is 10.7. The van der Waals surface area contributed by atoms with Gasteiger partial charge in [0, 0.05) is 5.69 Å². The average molecular weight is 250 g/mol. The number of benzene rings is 2. The van der Waals surface area contributed by atoms with Crippen molar-refractivity contribution in [2.45, 2.75) is 13.0 Å². The first-order valence-corrected chi connectivity index (χ1v) is 6.31. The smallest absolute Gasteiger partial charge is 0.143 e. The Bertz CT molecular complexity index is 645. The number of hydrogen-bond acceptors (Lipinski definition) is 3. The molecule has 1 aliphatic heterocycles. The average Bonchev–Trinajstić information content (AvgIpc) is 2.46. The molecule has 19 heavy (non-hydrogen) atoms. The van der Waals surface area contributed by atoms with E-state index in [9.17, 15) is 0 Å². The van der Waals surface area contributed by atoms with Crippen LogP contribution in [0.15, 0.2) is 48.5 Å². The molecule has 0 N–H and O–H groups in total. The molecule has 0 radical (unpaired) electrons. The van der Waals surface area contributed by atoms with Gasteiger partial charge in [-0.1, -0.05) is 18.2 Å². The van der Waals surface area contributed by atoms with Crippen molar-refractivity contribution in [1.82, 2.24) is 0 Å². The Kier molecular flexibility index (Phi) is 2.85. The summed E-state index contributed by atoms with van der Waals surface area (Å²) in [6.45, 7) is 2.84. The molecule has 1 atom stereocenters. The molecule has 0 amide bonds. The summed E-state index contributed by atoms with van der Waals surface area (Å²) in [6.07, 6.45) is 0.126. The van der Waals surface area contributed by atoms with Gasteiger partial charge in [-0.3, -0.25) is 0 Å². The minimum absolute atomic E-state index is 0.126. The summed E-state index contributed by atoms with van der Waals surface area (Å²) in [5.41, 5.74) is 2.76. The lowest BCUT2D eigenvalue weighted by Gasteiger charge is -2.35. The first kappa shape index (κ1) is 11.6. The monoisotopic (exact) mass is 250 g/mol. The first-order chi connectivity index (χ1) is 9.28. The van der Waals surface area contributed by atoms with Crippen LogP contribution in [-0.2, 0) is 0 Å². The zero-order valence-corrected chi connectivity index (χ0v) is 10.7. The van der Waals surface area contributed by atoms with Crippen LogP contribution in [0.2, 0.25) is 0 Å². The number of ether oxygens (including phenoxy) is 1. The fourth-order valence-corrected chi connectivity index (χ4v) is 2.38. The first-order valence-electron chi connectivity index (χ1n) is 6.31. The van der Waals surface area contributed by atoms with Gasteiger partial charge in [0.2, 0.25) is 0 Å². The topological polar surface area (TPSA) is 36.3 Å². The van der Waals surface area contributed by atoms with E-state index in [0.29, 0.717) is 5.56 Å². The second-order valence-corrected chi connectivity index (χ2v) is 4.67. The summed E-state index contributed by atoms with van der Waals surface area (Å²) in [5, 5.41) is 9.01. The molecule has 2 aromatic rings. The van der Waals surface area contributed by atoms with Crippen molar-refractivity contribution in [3.63, 3.8) is 0 Å². The number of rotatable bonds is 1. The summed E-state index contributed by atoms with van der Waals surface area (Å²) in [7, 11) is 0. The molecule has 0 bridgehead atoms. The van der Waals surface area contributed by atoms with Crippen molar-refractivity contribution >= 4 is 11.4 Å². The molecule has 0 saturated heterocycles. The molecule has 0 aliphatic carbocycles. The van der Waals surface area contributed by atoms with E-state index in [1.807, 2.05) is 48.5 Å². The molecule has 3 heteroatoms. The predicted molar refractivity (Wildman–Crippen MR) is 74.7 cm³/mol. The van der Waals surface area contributed by atoms with Crippen LogP contribution in [0.4, 0.5) is 11.4 Å². The Morgan fingerprint density at radius 3 is 2.89 bits per heavy atom. The molecule has 2 aromatic carbocycles. The third-order valence-electron chi connectivity index (χ3n) is 3.21. The van der Waals surface area contributed by atoms with E-state index in [2.05, 4.69) is 17.9 Å². The van der Waals surface area contributed by atoms with Gasteiger partial charge >= 0.3 is 0 Å². The van der Waals surface area contributed by atoms with E-state index in [1.54, 1.807) is 0 Å². The zero-order chi connectivity index (χ0) is 13.2. The lowest BCUT2D eigenvalue weighted by Crippen LogP contribution is -2.35. The van der Waals surface area contributed by atoms with Gasteiger partial charge in [-0.2, -0.15) is 5.26 Å².